The van der Waals surface area contributed by atoms with E-state index in [1.165, 1.54) is 7.11 Å². The van der Waals surface area contributed by atoms with Crippen LogP contribution in [0.4, 0.5) is 0 Å². The van der Waals surface area contributed by atoms with Gasteiger partial charge in [-0.2, -0.15) is 0 Å². The minimum absolute atomic E-state index is 0.172. The van der Waals surface area contributed by atoms with E-state index in [0.29, 0.717) is 5.75 Å². The standard InChI is InChI=1S/C16H16O4Se/c1-18-12-8-10-13(11-9-12)20-16(15(17)19-2)21-14-6-4-3-5-7-14/h3-11,16H,1-2H3. The Morgan fingerprint density at radius 2 is 1.57 bits per heavy atom. The van der Waals surface area contributed by atoms with Gasteiger partial charge >= 0.3 is 130 Å². The van der Waals surface area contributed by atoms with Crippen LogP contribution in [0.15, 0.2) is 54.6 Å². The number of ether oxygens (including phenoxy) is 3. The van der Waals surface area contributed by atoms with E-state index < -0.39 is 5.00 Å². The molecule has 5 heteroatoms. The fourth-order valence-electron chi connectivity index (χ4n) is 1.62. The second kappa shape index (κ2) is 7.72. The summed E-state index contributed by atoms with van der Waals surface area (Å²) in [5.41, 5.74) is 0. The van der Waals surface area contributed by atoms with Crippen molar-refractivity contribution in [2.24, 2.45) is 0 Å². The summed E-state index contributed by atoms with van der Waals surface area (Å²) in [6.45, 7) is 0. The second-order valence-corrected chi connectivity index (χ2v) is 6.46. The Balaban J connectivity index is 2.10. The molecule has 0 heterocycles. The van der Waals surface area contributed by atoms with Gasteiger partial charge in [0, 0.05) is 0 Å². The first-order chi connectivity index (χ1) is 10.2. The van der Waals surface area contributed by atoms with Crippen LogP contribution in [-0.4, -0.2) is 40.1 Å². The molecule has 0 saturated heterocycles. The summed E-state index contributed by atoms with van der Waals surface area (Å²) in [7, 11) is 2.97. The van der Waals surface area contributed by atoms with Gasteiger partial charge in [-0.15, -0.1) is 0 Å². The molecule has 0 radical (unpaired) electrons. The number of methoxy groups -OCH3 is 2. The van der Waals surface area contributed by atoms with Crippen LogP contribution in [-0.2, 0) is 9.53 Å². The van der Waals surface area contributed by atoms with Gasteiger partial charge in [-0.3, -0.25) is 0 Å². The molecule has 0 aliphatic carbocycles. The van der Waals surface area contributed by atoms with Crippen LogP contribution in [0.3, 0.4) is 0 Å². The molecular weight excluding hydrogens is 335 g/mol. The molecule has 2 aromatic rings. The number of hydrogen-bond acceptors (Lipinski definition) is 4. The van der Waals surface area contributed by atoms with Gasteiger partial charge < -0.3 is 0 Å². The van der Waals surface area contributed by atoms with Crippen LogP contribution in [0, 0.1) is 0 Å². The zero-order valence-electron chi connectivity index (χ0n) is 11.8. The monoisotopic (exact) mass is 352 g/mol. The van der Waals surface area contributed by atoms with Crippen molar-refractivity contribution in [2.75, 3.05) is 14.2 Å². The average molecular weight is 351 g/mol. The molecule has 2 rings (SSSR count). The SMILES string of the molecule is COC(=O)C(Oc1ccc(OC)cc1)[Se]c1ccccc1. The summed E-state index contributed by atoms with van der Waals surface area (Å²) < 4.78 is 16.8. The van der Waals surface area contributed by atoms with Crippen LogP contribution in [0.2, 0.25) is 0 Å². The van der Waals surface area contributed by atoms with Gasteiger partial charge in [-0.1, -0.05) is 0 Å². The van der Waals surface area contributed by atoms with Crippen molar-refractivity contribution in [3.8, 4) is 11.5 Å². The summed E-state index contributed by atoms with van der Waals surface area (Å²) in [6, 6.07) is 16.9. The summed E-state index contributed by atoms with van der Waals surface area (Å²) in [5.74, 6) is 0.990. The van der Waals surface area contributed by atoms with E-state index in [2.05, 4.69) is 0 Å². The fourth-order valence-corrected chi connectivity index (χ4v) is 3.53. The van der Waals surface area contributed by atoms with Gasteiger partial charge in [0.25, 0.3) is 0 Å². The first-order valence-corrected chi connectivity index (χ1v) is 8.17. The van der Waals surface area contributed by atoms with Crippen LogP contribution in [0.1, 0.15) is 0 Å². The Bertz CT molecular complexity index is 569. The fraction of sp³-hybridized carbons (Fsp3) is 0.188. The molecule has 0 saturated carbocycles. The molecular formula is C16H16O4Se. The molecule has 1 unspecified atom stereocenters. The molecule has 0 aromatic heterocycles. The zero-order chi connectivity index (χ0) is 15.1. The van der Waals surface area contributed by atoms with E-state index in [-0.39, 0.29) is 20.9 Å². The molecule has 0 aliphatic heterocycles. The molecule has 4 nitrogen and oxygen atoms in total. The molecule has 0 bridgehead atoms. The maximum absolute atomic E-state index is 11.9. The Morgan fingerprint density at radius 1 is 0.952 bits per heavy atom. The van der Waals surface area contributed by atoms with Crippen molar-refractivity contribution in [1.82, 2.24) is 0 Å². The molecule has 0 N–H and O–H groups in total. The summed E-state index contributed by atoms with van der Waals surface area (Å²) in [6.07, 6.45) is 0. The van der Waals surface area contributed by atoms with Crippen molar-refractivity contribution in [2.45, 2.75) is 5.00 Å². The number of rotatable bonds is 6. The Hall–Kier alpha value is -1.97. The van der Waals surface area contributed by atoms with Crippen LogP contribution < -0.4 is 13.9 Å². The molecule has 0 spiro atoms. The Labute approximate surface area is 130 Å². The normalized spacial score (nSPS) is 11.5. The maximum atomic E-state index is 11.9. The first-order valence-electron chi connectivity index (χ1n) is 6.33. The van der Waals surface area contributed by atoms with Gasteiger partial charge in [-0.25, -0.2) is 0 Å². The third kappa shape index (κ3) is 4.52. The van der Waals surface area contributed by atoms with E-state index in [1.807, 2.05) is 30.3 Å². The second-order valence-electron chi connectivity index (χ2n) is 4.08. The van der Waals surface area contributed by atoms with E-state index in [1.54, 1.807) is 31.4 Å². The summed E-state index contributed by atoms with van der Waals surface area (Å²) in [4.78, 5) is 11.9. The van der Waals surface area contributed by atoms with Gasteiger partial charge in [0.2, 0.25) is 0 Å². The molecule has 0 fully saturated rings. The van der Waals surface area contributed by atoms with Gasteiger partial charge in [-0.05, 0) is 0 Å². The number of esters is 1. The molecule has 1 atom stereocenters. The first kappa shape index (κ1) is 15.4. The third-order valence-corrected chi connectivity index (χ3v) is 4.88. The van der Waals surface area contributed by atoms with E-state index in [4.69, 9.17) is 14.2 Å². The number of carbonyl (C=O) groups is 1. The summed E-state index contributed by atoms with van der Waals surface area (Å²) in [5, 5.41) is -0.613. The van der Waals surface area contributed by atoms with Crippen molar-refractivity contribution in [1.29, 1.82) is 0 Å². The summed E-state index contributed by atoms with van der Waals surface area (Å²) >= 11 is -0.172. The van der Waals surface area contributed by atoms with E-state index in [9.17, 15) is 4.79 Å². The van der Waals surface area contributed by atoms with E-state index >= 15 is 0 Å². The van der Waals surface area contributed by atoms with Gasteiger partial charge in [0.15, 0.2) is 0 Å². The molecule has 110 valence electrons. The quantitative estimate of drug-likeness (QED) is 0.586. The molecule has 21 heavy (non-hydrogen) atoms. The van der Waals surface area contributed by atoms with Crippen LogP contribution in [0.25, 0.3) is 0 Å². The molecule has 0 amide bonds. The number of benzene rings is 2. The number of carbonyl (C=O) groups excluding carboxylic acids is 1. The van der Waals surface area contributed by atoms with Crippen LogP contribution in [0.5, 0.6) is 11.5 Å². The topological polar surface area (TPSA) is 44.8 Å². The van der Waals surface area contributed by atoms with Gasteiger partial charge in [0.1, 0.15) is 0 Å². The van der Waals surface area contributed by atoms with Crippen molar-refractivity contribution >= 4 is 25.4 Å². The zero-order valence-corrected chi connectivity index (χ0v) is 13.5. The van der Waals surface area contributed by atoms with Crippen molar-refractivity contribution in [3.63, 3.8) is 0 Å². The minimum atomic E-state index is -0.613. The predicted molar refractivity (Wildman–Crippen MR) is 81.3 cm³/mol. The predicted octanol–water partition coefficient (Wildman–Crippen LogP) is 1.60. The Morgan fingerprint density at radius 3 is 2.14 bits per heavy atom. The van der Waals surface area contributed by atoms with Crippen LogP contribution >= 0.6 is 0 Å². The average Bonchev–Trinajstić information content (AvgIpc) is 2.55. The van der Waals surface area contributed by atoms with Gasteiger partial charge in [0.05, 0.1) is 0 Å². The third-order valence-electron chi connectivity index (χ3n) is 2.68. The molecule has 2 aromatic carbocycles. The Kier molecular flexibility index (Phi) is 5.67. The van der Waals surface area contributed by atoms with Crippen molar-refractivity contribution < 1.29 is 19.0 Å². The number of hydrogen-bond donors (Lipinski definition) is 0. The molecule has 0 aliphatic rings. The van der Waals surface area contributed by atoms with Crippen molar-refractivity contribution in [3.05, 3.63) is 54.6 Å². The van der Waals surface area contributed by atoms with E-state index in [0.717, 1.165) is 10.2 Å².